The van der Waals surface area contributed by atoms with Gasteiger partial charge in [-0.15, -0.1) is 0 Å². The molecule has 0 bridgehead atoms. The highest BCUT2D eigenvalue weighted by atomic mass is 35.5. The van der Waals surface area contributed by atoms with Crippen molar-refractivity contribution in [3.8, 4) is 0 Å². The van der Waals surface area contributed by atoms with Crippen molar-refractivity contribution in [2.45, 2.75) is 6.17 Å². The first kappa shape index (κ1) is 6.56. The second-order valence-corrected chi connectivity index (χ2v) is 2.30. The van der Waals surface area contributed by atoms with Crippen molar-refractivity contribution in [3.63, 3.8) is 0 Å². The van der Waals surface area contributed by atoms with Gasteiger partial charge in [-0.05, 0) is 17.7 Å². The molecule has 0 aliphatic heterocycles. The Morgan fingerprint density at radius 1 is 1.67 bits per heavy atom. The summed E-state index contributed by atoms with van der Waals surface area (Å²) in [6.07, 6.45) is 3.38. The summed E-state index contributed by atoms with van der Waals surface area (Å²) in [5, 5.41) is 0.211. The van der Waals surface area contributed by atoms with Gasteiger partial charge < -0.3 is 0 Å². The summed E-state index contributed by atoms with van der Waals surface area (Å²) < 4.78 is 12.4. The van der Waals surface area contributed by atoms with Gasteiger partial charge in [0.25, 0.3) is 0 Å². The molecule has 0 nitrogen and oxygen atoms in total. The molecule has 0 saturated heterocycles. The summed E-state index contributed by atoms with van der Waals surface area (Å²) >= 11 is 5.44. The zero-order valence-electron chi connectivity index (χ0n) is 4.77. The lowest BCUT2D eigenvalue weighted by Gasteiger charge is -2.05. The lowest BCUT2D eigenvalue weighted by molar-refractivity contribution is 0.460. The van der Waals surface area contributed by atoms with Crippen molar-refractivity contribution in [2.24, 2.45) is 0 Å². The highest BCUT2D eigenvalue weighted by molar-refractivity contribution is 6.30. The van der Waals surface area contributed by atoms with Gasteiger partial charge in [-0.25, -0.2) is 4.39 Å². The van der Waals surface area contributed by atoms with E-state index in [0.717, 1.165) is 5.57 Å². The highest BCUT2D eigenvalue weighted by Crippen LogP contribution is 2.20. The standard InChI is InChI=1S/C7H6ClF/c1-5-2-3-7(9)6(8)4-5/h2-4,7H,1H2. The van der Waals surface area contributed by atoms with Gasteiger partial charge in [0.15, 0.2) is 6.17 Å². The van der Waals surface area contributed by atoms with Crippen LogP contribution < -0.4 is 0 Å². The quantitative estimate of drug-likeness (QED) is 0.490. The van der Waals surface area contributed by atoms with Crippen LogP contribution in [0.4, 0.5) is 4.39 Å². The van der Waals surface area contributed by atoms with Crippen LogP contribution >= 0.6 is 11.6 Å². The van der Waals surface area contributed by atoms with Gasteiger partial charge in [-0.1, -0.05) is 24.3 Å². The van der Waals surface area contributed by atoms with E-state index in [4.69, 9.17) is 11.6 Å². The van der Waals surface area contributed by atoms with Crippen LogP contribution in [0.25, 0.3) is 0 Å². The molecule has 0 aromatic rings. The van der Waals surface area contributed by atoms with Crippen LogP contribution in [0.3, 0.4) is 0 Å². The average Bonchev–Trinajstić information content (AvgIpc) is 1.80. The van der Waals surface area contributed by atoms with E-state index in [0.29, 0.717) is 0 Å². The third kappa shape index (κ3) is 1.42. The Hall–Kier alpha value is -0.560. The van der Waals surface area contributed by atoms with Crippen LogP contribution in [-0.4, -0.2) is 6.17 Å². The van der Waals surface area contributed by atoms with E-state index in [2.05, 4.69) is 6.58 Å². The second-order valence-electron chi connectivity index (χ2n) is 1.87. The normalized spacial score (nSPS) is 26.2. The van der Waals surface area contributed by atoms with E-state index in [1.807, 2.05) is 0 Å². The van der Waals surface area contributed by atoms with E-state index < -0.39 is 6.17 Å². The van der Waals surface area contributed by atoms with Crippen molar-refractivity contribution in [1.29, 1.82) is 0 Å². The Bertz CT molecular complexity index is 191. The minimum absolute atomic E-state index is 0.211. The molecule has 0 aromatic heterocycles. The number of alkyl halides is 1. The third-order valence-electron chi connectivity index (χ3n) is 1.07. The Balaban J connectivity index is 2.82. The fourth-order valence-corrected chi connectivity index (χ4v) is 0.818. The Labute approximate surface area is 58.3 Å². The SMILES string of the molecule is C=C1C=CC(F)C(Cl)=C1. The molecule has 2 heteroatoms. The van der Waals surface area contributed by atoms with Gasteiger partial charge in [-0.2, -0.15) is 0 Å². The largest absolute Gasteiger partial charge is 0.237 e. The molecule has 1 aliphatic rings. The van der Waals surface area contributed by atoms with Gasteiger partial charge in [0.2, 0.25) is 0 Å². The smallest absolute Gasteiger partial charge is 0.154 e. The maximum absolute atomic E-state index is 12.4. The van der Waals surface area contributed by atoms with E-state index in [1.54, 1.807) is 6.08 Å². The van der Waals surface area contributed by atoms with Crippen LogP contribution in [0.5, 0.6) is 0 Å². The molecule has 0 fully saturated rings. The van der Waals surface area contributed by atoms with E-state index in [-0.39, 0.29) is 5.03 Å². The van der Waals surface area contributed by atoms with Crippen molar-refractivity contribution in [3.05, 3.63) is 35.4 Å². The number of allylic oxidation sites excluding steroid dienone is 5. The molecule has 0 radical (unpaired) electrons. The van der Waals surface area contributed by atoms with Gasteiger partial charge in [0, 0.05) is 0 Å². The first-order valence-corrected chi connectivity index (χ1v) is 2.96. The number of hydrogen-bond donors (Lipinski definition) is 0. The predicted octanol–water partition coefficient (Wildman–Crippen LogP) is 2.57. The molecular weight excluding hydrogens is 139 g/mol. The molecule has 0 aromatic carbocycles. The molecule has 1 rings (SSSR count). The van der Waals surface area contributed by atoms with Crippen molar-refractivity contribution in [1.82, 2.24) is 0 Å². The van der Waals surface area contributed by atoms with Gasteiger partial charge in [0.05, 0.1) is 5.03 Å². The summed E-state index contributed by atoms with van der Waals surface area (Å²) in [6.45, 7) is 3.58. The lowest BCUT2D eigenvalue weighted by atomic mass is 10.1. The zero-order valence-corrected chi connectivity index (χ0v) is 5.53. The van der Waals surface area contributed by atoms with Crippen molar-refractivity contribution in [2.75, 3.05) is 0 Å². The molecule has 0 saturated carbocycles. The number of hydrogen-bond acceptors (Lipinski definition) is 0. The maximum atomic E-state index is 12.4. The predicted molar refractivity (Wildman–Crippen MR) is 37.1 cm³/mol. The van der Waals surface area contributed by atoms with Crippen molar-refractivity contribution < 1.29 is 4.39 Å². The monoisotopic (exact) mass is 144 g/mol. The van der Waals surface area contributed by atoms with Crippen LogP contribution in [0, 0.1) is 0 Å². The fourth-order valence-electron chi connectivity index (χ4n) is 0.605. The molecule has 1 unspecified atom stereocenters. The van der Waals surface area contributed by atoms with Crippen LogP contribution in [0.1, 0.15) is 0 Å². The molecule has 0 spiro atoms. The minimum atomic E-state index is -1.13. The fraction of sp³-hybridized carbons (Fsp3) is 0.143. The zero-order chi connectivity index (χ0) is 6.85. The Kier molecular flexibility index (Phi) is 1.72. The topological polar surface area (TPSA) is 0 Å². The molecule has 9 heavy (non-hydrogen) atoms. The molecule has 1 aliphatic carbocycles. The van der Waals surface area contributed by atoms with E-state index >= 15 is 0 Å². The van der Waals surface area contributed by atoms with E-state index in [1.165, 1.54) is 12.2 Å². The summed E-state index contributed by atoms with van der Waals surface area (Å²) in [7, 11) is 0. The molecular formula is C7H6ClF. The Morgan fingerprint density at radius 2 is 2.33 bits per heavy atom. The molecule has 0 N–H and O–H groups in total. The third-order valence-corrected chi connectivity index (χ3v) is 1.38. The molecule has 48 valence electrons. The van der Waals surface area contributed by atoms with E-state index in [9.17, 15) is 4.39 Å². The first-order chi connectivity index (χ1) is 4.20. The van der Waals surface area contributed by atoms with Crippen LogP contribution in [0.2, 0.25) is 0 Å². The van der Waals surface area contributed by atoms with Crippen molar-refractivity contribution >= 4 is 11.6 Å². The Morgan fingerprint density at radius 3 is 2.78 bits per heavy atom. The highest BCUT2D eigenvalue weighted by Gasteiger charge is 2.09. The molecule has 0 heterocycles. The summed E-state index contributed by atoms with van der Waals surface area (Å²) in [5.41, 5.74) is 0.744. The number of halogens is 2. The maximum Gasteiger partial charge on any atom is 0.154 e. The van der Waals surface area contributed by atoms with Crippen LogP contribution in [0.15, 0.2) is 35.4 Å². The average molecular weight is 145 g/mol. The minimum Gasteiger partial charge on any atom is -0.237 e. The van der Waals surface area contributed by atoms with Gasteiger partial charge >= 0.3 is 0 Å². The summed E-state index contributed by atoms with van der Waals surface area (Å²) in [4.78, 5) is 0. The molecule has 0 amide bonds. The van der Waals surface area contributed by atoms with Gasteiger partial charge in [0.1, 0.15) is 0 Å². The van der Waals surface area contributed by atoms with Crippen LogP contribution in [-0.2, 0) is 0 Å². The molecule has 1 atom stereocenters. The summed E-state index contributed by atoms with van der Waals surface area (Å²) in [6, 6.07) is 0. The summed E-state index contributed by atoms with van der Waals surface area (Å²) in [5.74, 6) is 0. The second kappa shape index (κ2) is 2.36. The van der Waals surface area contributed by atoms with Gasteiger partial charge in [-0.3, -0.25) is 0 Å². The lowest BCUT2D eigenvalue weighted by Crippen LogP contribution is -1.98. The number of rotatable bonds is 0. The first-order valence-electron chi connectivity index (χ1n) is 2.58.